The van der Waals surface area contributed by atoms with Gasteiger partial charge >= 0.3 is 11.4 Å². The van der Waals surface area contributed by atoms with Gasteiger partial charge in [-0.05, 0) is 15.9 Å². The quantitative estimate of drug-likeness (QED) is 0.569. The third-order valence-corrected chi connectivity index (χ3v) is 4.85. The first kappa shape index (κ1) is 19.1. The summed E-state index contributed by atoms with van der Waals surface area (Å²) in [5.74, 6) is -0.588. The number of phenolic OH excluding ortho intramolecular Hbond substituents is 1. The van der Waals surface area contributed by atoms with Gasteiger partial charge in [0, 0.05) is 18.3 Å². The minimum Gasteiger partial charge on any atom is -0.497 e. The van der Waals surface area contributed by atoms with Crippen molar-refractivity contribution in [1.29, 1.82) is 0 Å². The third kappa shape index (κ3) is 4.45. The molecule has 0 unspecified atom stereocenters. The highest BCUT2D eigenvalue weighted by Crippen LogP contribution is 2.48. The van der Waals surface area contributed by atoms with Crippen molar-refractivity contribution >= 4 is 27.4 Å². The van der Waals surface area contributed by atoms with E-state index in [4.69, 9.17) is 4.28 Å². The molecule has 0 spiro atoms. The third-order valence-electron chi connectivity index (χ3n) is 3.29. The van der Waals surface area contributed by atoms with E-state index in [2.05, 4.69) is 0 Å². The van der Waals surface area contributed by atoms with Crippen molar-refractivity contribution in [2.75, 3.05) is 12.5 Å². The van der Waals surface area contributed by atoms with E-state index in [0.717, 1.165) is 11.6 Å². The molecule has 138 valence electrons. The number of nitro benzene ring substituents is 2. The van der Waals surface area contributed by atoms with Crippen LogP contribution >= 0.6 is 10.3 Å². The molecule has 0 amide bonds. The minimum absolute atomic E-state index is 0.104. The summed E-state index contributed by atoms with van der Waals surface area (Å²) in [6.07, 6.45) is 3.38. The Bertz CT molecular complexity index is 871. The van der Waals surface area contributed by atoms with Crippen LogP contribution < -0.4 is 0 Å². The van der Waals surface area contributed by atoms with Crippen molar-refractivity contribution in [3.8, 4) is 5.75 Å². The average Bonchev–Trinajstić information content (AvgIpc) is 2.54. The molecule has 0 saturated heterocycles. The molecule has 26 heavy (non-hydrogen) atoms. The van der Waals surface area contributed by atoms with Crippen molar-refractivity contribution in [3.05, 3.63) is 73.2 Å². The second-order valence-corrected chi connectivity index (χ2v) is 9.06. The van der Waals surface area contributed by atoms with Crippen LogP contribution in [0.15, 0.2) is 42.5 Å². The zero-order valence-corrected chi connectivity index (χ0v) is 14.7. The fraction of sp³-hybridized carbons (Fsp3) is 0.200. The Hall–Kier alpha value is -3.21. The van der Waals surface area contributed by atoms with Crippen LogP contribution in [0.2, 0.25) is 0 Å². The number of nitrogens with zero attached hydrogens (tertiary/aromatic N) is 3. The van der Waals surface area contributed by atoms with Gasteiger partial charge in [0.1, 0.15) is 6.07 Å². The topological polar surface area (TPSA) is 136 Å². The van der Waals surface area contributed by atoms with E-state index in [1.807, 2.05) is 30.3 Å². The van der Waals surface area contributed by atoms with E-state index >= 15 is 0 Å². The van der Waals surface area contributed by atoms with Crippen LogP contribution in [0.25, 0.3) is 0 Å². The molecule has 0 aliphatic heterocycles. The average molecular weight is 382 g/mol. The van der Waals surface area contributed by atoms with Crippen LogP contribution in [-0.2, 0) is 10.0 Å². The number of nitro groups is 2. The Labute approximate surface area is 149 Å². The number of hydrogen-bond acceptors (Lipinski definition) is 7. The van der Waals surface area contributed by atoms with Crippen molar-refractivity contribution < 1.29 is 24.2 Å². The Morgan fingerprint density at radius 1 is 1.00 bits per heavy atom. The van der Waals surface area contributed by atoms with E-state index < -0.39 is 43.0 Å². The lowest BCUT2D eigenvalue weighted by Gasteiger charge is -2.23. The highest BCUT2D eigenvalue weighted by Gasteiger charge is 2.37. The van der Waals surface area contributed by atoms with E-state index in [0.29, 0.717) is 11.8 Å². The fourth-order valence-corrected chi connectivity index (χ4v) is 3.69. The number of benzene rings is 2. The smallest absolute Gasteiger partial charge is 0.373 e. The molecule has 0 saturated carbocycles. The van der Waals surface area contributed by atoms with Gasteiger partial charge in [-0.15, -0.1) is 0 Å². The highest BCUT2D eigenvalue weighted by atomic mass is 32.3. The molecule has 10 nitrogen and oxygen atoms in total. The van der Waals surface area contributed by atoms with Crippen LogP contribution in [0.1, 0.15) is 5.56 Å². The summed E-state index contributed by atoms with van der Waals surface area (Å²) in [6.45, 7) is 0. The summed E-state index contributed by atoms with van der Waals surface area (Å²) in [4.78, 5) is 32.2. The molecule has 2 aromatic rings. The molecule has 0 radical (unpaired) electrons. The molecule has 0 aliphatic carbocycles. The van der Waals surface area contributed by atoms with Crippen LogP contribution in [-0.4, -0.2) is 32.4 Å². The van der Waals surface area contributed by atoms with Gasteiger partial charge in [-0.25, -0.2) is 0 Å². The van der Waals surface area contributed by atoms with Gasteiger partial charge in [-0.2, -0.15) is 4.28 Å². The van der Waals surface area contributed by atoms with E-state index in [-0.39, 0.29) is 4.92 Å². The molecule has 11 heteroatoms. The number of hydrogen-bond donors (Lipinski definition) is 1. The number of non-ortho nitro benzene ring substituents is 1. The first-order valence-corrected chi connectivity index (χ1v) is 9.72. The summed E-state index contributed by atoms with van der Waals surface area (Å²) >= 11 is 0. The maximum atomic E-state index is 12.3. The van der Waals surface area contributed by atoms with E-state index in [1.54, 1.807) is 12.5 Å². The zero-order valence-electron chi connectivity index (χ0n) is 13.9. The van der Waals surface area contributed by atoms with Gasteiger partial charge in [0.05, 0.1) is 20.8 Å². The molecule has 2 aromatic carbocycles. The number of phenols is 1. The predicted molar refractivity (Wildman–Crippen MR) is 95.4 cm³/mol. The second-order valence-electron chi connectivity index (χ2n) is 5.75. The van der Waals surface area contributed by atoms with Gasteiger partial charge in [-0.3, -0.25) is 20.2 Å². The molecule has 0 fully saturated rings. The van der Waals surface area contributed by atoms with E-state index in [9.17, 15) is 30.2 Å². The van der Waals surface area contributed by atoms with Crippen LogP contribution in [0, 0.1) is 25.1 Å². The Morgan fingerprint density at radius 3 is 2.12 bits per heavy atom. The highest BCUT2D eigenvalue weighted by molar-refractivity contribution is 8.28. The van der Waals surface area contributed by atoms with Crippen LogP contribution in [0.5, 0.6) is 5.75 Å². The van der Waals surface area contributed by atoms with Crippen molar-refractivity contribution in [1.82, 2.24) is 0 Å². The van der Waals surface area contributed by atoms with Gasteiger partial charge in [-0.1, -0.05) is 30.3 Å². The van der Waals surface area contributed by atoms with Gasteiger partial charge in [0.15, 0.2) is 0 Å². The van der Waals surface area contributed by atoms with Crippen molar-refractivity contribution in [2.24, 2.45) is 0 Å². The molecule has 1 N–H and O–H groups in total. The first-order valence-electron chi connectivity index (χ1n) is 7.18. The van der Waals surface area contributed by atoms with Crippen molar-refractivity contribution in [3.63, 3.8) is 0 Å². The standard InChI is InChI=1S/C15H15N3O7S/c1-26(2,10-11-6-4-3-5-7-11)25-18(24)14-9-12(16(20)21)8-13(15(14)19)17(22)23/h3-9H,10H2,1-2H3/p+1. The van der Waals surface area contributed by atoms with Gasteiger partial charge in [0.25, 0.3) is 16.4 Å². The predicted octanol–water partition coefficient (Wildman–Crippen LogP) is 3.73. The minimum atomic E-state index is -2.00. The summed E-state index contributed by atoms with van der Waals surface area (Å²) in [5, 5.41) is 31.8. The Kier molecular flexibility index (Phi) is 5.41. The maximum absolute atomic E-state index is 12.3. The SMILES string of the molecule is CS(C)(Cc1ccccc1)O[N+](=O)c1cc([N+](=O)[O-])cc([N+](=O)[O-])c1O. The van der Waals surface area contributed by atoms with Gasteiger partial charge < -0.3 is 5.11 Å². The van der Waals surface area contributed by atoms with Crippen LogP contribution in [0.4, 0.5) is 17.1 Å². The van der Waals surface area contributed by atoms with Crippen molar-refractivity contribution in [2.45, 2.75) is 5.75 Å². The lowest BCUT2D eigenvalue weighted by molar-refractivity contribution is -0.697. The molecule has 0 aromatic heterocycles. The Balaban J connectivity index is 2.33. The molecule has 0 heterocycles. The first-order chi connectivity index (χ1) is 12.1. The molecular weight excluding hydrogens is 366 g/mol. The number of rotatable bonds is 7. The molecule has 0 aliphatic rings. The second kappa shape index (κ2) is 7.35. The van der Waals surface area contributed by atoms with E-state index in [1.165, 1.54) is 0 Å². The van der Waals surface area contributed by atoms with Crippen LogP contribution in [0.3, 0.4) is 0 Å². The summed E-state index contributed by atoms with van der Waals surface area (Å²) in [7, 11) is -2.00. The summed E-state index contributed by atoms with van der Waals surface area (Å²) < 4.78 is 5.33. The lowest BCUT2D eigenvalue weighted by atomic mass is 10.2. The summed E-state index contributed by atoms with van der Waals surface area (Å²) in [6, 6.07) is 10.5. The zero-order chi connectivity index (χ0) is 19.5. The molecule has 2 rings (SSSR count). The number of aromatic hydroxyl groups is 1. The molecule has 0 atom stereocenters. The Morgan fingerprint density at radius 2 is 1.58 bits per heavy atom. The normalized spacial score (nSPS) is 11.6. The summed E-state index contributed by atoms with van der Waals surface area (Å²) in [5.41, 5.74) is -1.44. The molecular formula is C15H16N3O7S+. The molecule has 0 bridgehead atoms. The fourth-order valence-electron chi connectivity index (χ4n) is 2.20. The monoisotopic (exact) mass is 382 g/mol. The maximum Gasteiger partial charge on any atom is 0.373 e. The largest absolute Gasteiger partial charge is 0.497 e. The van der Waals surface area contributed by atoms with Gasteiger partial charge in [0.2, 0.25) is 0 Å². The lowest BCUT2D eigenvalue weighted by Crippen LogP contribution is -2.11.